The van der Waals surface area contributed by atoms with E-state index in [4.69, 9.17) is 33.7 Å². The van der Waals surface area contributed by atoms with Gasteiger partial charge in [-0.1, -0.05) is 115 Å². The van der Waals surface area contributed by atoms with E-state index in [1.165, 1.54) is 57.8 Å². The summed E-state index contributed by atoms with van der Waals surface area (Å²) in [6.45, 7) is 8.42. The van der Waals surface area contributed by atoms with Crippen LogP contribution in [0, 0.1) is 6.07 Å². The molecular weight excluding hydrogens is 477 g/mol. The van der Waals surface area contributed by atoms with Crippen molar-refractivity contribution in [3.63, 3.8) is 0 Å². The van der Waals surface area contributed by atoms with E-state index in [2.05, 4.69) is 33.8 Å². The van der Waals surface area contributed by atoms with E-state index in [0.29, 0.717) is 22.2 Å². The molecule has 35 heavy (non-hydrogen) atoms. The van der Waals surface area contributed by atoms with E-state index in [0.717, 1.165) is 24.0 Å². The summed E-state index contributed by atoms with van der Waals surface area (Å²) >= 11 is 12.5. The second-order valence-corrected chi connectivity index (χ2v) is 11.6. The molecule has 0 saturated carbocycles. The average molecular weight is 522 g/mol. The Labute approximate surface area is 223 Å². The lowest BCUT2D eigenvalue weighted by Crippen LogP contribution is -2.43. The third-order valence-electron chi connectivity index (χ3n) is 6.52. The highest BCUT2D eigenvalue weighted by Crippen LogP contribution is 2.37. The zero-order chi connectivity index (χ0) is 25.9. The summed E-state index contributed by atoms with van der Waals surface area (Å²) in [4.78, 5) is 0. The Morgan fingerprint density at radius 3 is 1.86 bits per heavy atom. The molecule has 0 saturated heterocycles. The molecule has 3 nitrogen and oxygen atoms in total. The maximum absolute atomic E-state index is 10.3. The molecule has 2 aromatic carbocycles. The first-order chi connectivity index (χ1) is 16.5. The summed E-state index contributed by atoms with van der Waals surface area (Å²) in [5.74, 6) is 0.858. The Morgan fingerprint density at radius 2 is 1.34 bits per heavy atom. The molecule has 195 valence electrons. The Bertz CT molecular complexity index is 889. The average Bonchev–Trinajstić information content (AvgIpc) is 2.77. The first kappa shape index (κ1) is 29.8. The number of hydrogen-bond acceptors (Lipinski definition) is 3. The molecule has 0 aliphatic heterocycles. The highest BCUT2D eigenvalue weighted by atomic mass is 35.5. The molecule has 1 atom stereocenters. The van der Waals surface area contributed by atoms with Crippen LogP contribution in [-0.4, -0.2) is 5.11 Å². The molecular formula is C30H44Cl2NO2. The third-order valence-corrected chi connectivity index (χ3v) is 6.93. The third kappa shape index (κ3) is 10.2. The standard InChI is InChI=1S/C30H44Cl2NO2/c1-5-6-7-8-9-10-11-12-13-14-15-18-30(33,23-19-24(31)21-25(32)20-23)35-26-16-17-28(34)27(22-26)29(2,3)4/h16-17,19-20,22,34H,5-15,18,33H2,1-4H3. The van der Waals surface area contributed by atoms with Gasteiger partial charge in [-0.25, -0.2) is 0 Å². The largest absolute Gasteiger partial charge is 0.508 e. The highest BCUT2D eigenvalue weighted by Gasteiger charge is 2.31. The number of unbranched alkanes of at least 4 members (excludes halogenated alkanes) is 10. The van der Waals surface area contributed by atoms with Crippen molar-refractivity contribution in [1.29, 1.82) is 0 Å². The molecule has 2 aromatic rings. The Hall–Kier alpha value is -1.42. The van der Waals surface area contributed by atoms with Crippen molar-refractivity contribution < 1.29 is 9.84 Å². The molecule has 0 heterocycles. The van der Waals surface area contributed by atoms with E-state index in [-0.39, 0.29) is 11.2 Å². The van der Waals surface area contributed by atoms with Gasteiger partial charge in [0.25, 0.3) is 0 Å². The van der Waals surface area contributed by atoms with Crippen LogP contribution in [0.2, 0.25) is 10.0 Å². The molecule has 0 aromatic heterocycles. The Morgan fingerprint density at radius 1 is 0.829 bits per heavy atom. The van der Waals surface area contributed by atoms with Crippen LogP contribution in [0.25, 0.3) is 0 Å². The Kier molecular flexibility index (Phi) is 12.2. The van der Waals surface area contributed by atoms with E-state index in [1.807, 2.05) is 6.07 Å². The molecule has 0 spiro atoms. The molecule has 1 radical (unpaired) electrons. The van der Waals surface area contributed by atoms with Crippen molar-refractivity contribution in [3.05, 3.63) is 57.6 Å². The van der Waals surface area contributed by atoms with Crippen LogP contribution in [0.4, 0.5) is 0 Å². The van der Waals surface area contributed by atoms with E-state index >= 15 is 0 Å². The fourth-order valence-corrected chi connectivity index (χ4v) is 4.93. The SMILES string of the molecule is CCCCCCCCCCCCCC(N)(Oc1ccc(O)c(C(C)(C)C)c1)c1cc(Cl)[c]c(Cl)c1. The number of rotatable bonds is 15. The van der Waals surface area contributed by atoms with Gasteiger partial charge in [0.1, 0.15) is 11.5 Å². The summed E-state index contributed by atoms with van der Waals surface area (Å²) < 4.78 is 6.42. The fraction of sp³-hybridized carbons (Fsp3) is 0.600. The van der Waals surface area contributed by atoms with Gasteiger partial charge >= 0.3 is 0 Å². The van der Waals surface area contributed by atoms with Gasteiger partial charge in [-0.05, 0) is 42.2 Å². The first-order valence-corrected chi connectivity index (χ1v) is 14.0. The van der Waals surface area contributed by atoms with Crippen LogP contribution < -0.4 is 10.5 Å². The number of hydrogen-bond donors (Lipinski definition) is 2. The van der Waals surface area contributed by atoms with Gasteiger partial charge in [-0.15, -0.1) is 0 Å². The van der Waals surface area contributed by atoms with Gasteiger partial charge in [-0.3, -0.25) is 5.73 Å². The second kappa shape index (κ2) is 14.4. The quantitative estimate of drug-likeness (QED) is 0.181. The zero-order valence-electron chi connectivity index (χ0n) is 22.1. The molecule has 0 fully saturated rings. The number of aromatic hydroxyl groups is 1. The smallest absolute Gasteiger partial charge is 0.184 e. The predicted molar refractivity (Wildman–Crippen MR) is 150 cm³/mol. The number of nitrogens with two attached hydrogens (primary N) is 1. The second-order valence-electron chi connectivity index (χ2n) is 10.8. The van der Waals surface area contributed by atoms with Crippen molar-refractivity contribution >= 4 is 23.2 Å². The molecule has 2 rings (SSSR count). The number of phenols is 1. The summed E-state index contributed by atoms with van der Waals surface area (Å²) in [7, 11) is 0. The lowest BCUT2D eigenvalue weighted by Gasteiger charge is -2.32. The van der Waals surface area contributed by atoms with Crippen LogP contribution >= 0.6 is 23.2 Å². The predicted octanol–water partition coefficient (Wildman–Crippen LogP) is 9.69. The van der Waals surface area contributed by atoms with Gasteiger partial charge in [-0.2, -0.15) is 0 Å². The van der Waals surface area contributed by atoms with Crippen molar-refractivity contribution in [1.82, 2.24) is 0 Å². The van der Waals surface area contributed by atoms with E-state index in [9.17, 15) is 5.11 Å². The number of benzene rings is 2. The molecule has 0 bridgehead atoms. The van der Waals surface area contributed by atoms with Crippen LogP contribution in [0.15, 0.2) is 30.3 Å². The van der Waals surface area contributed by atoms with Crippen LogP contribution in [0.3, 0.4) is 0 Å². The van der Waals surface area contributed by atoms with Crippen molar-refractivity contribution in [2.24, 2.45) is 5.73 Å². The minimum Gasteiger partial charge on any atom is -0.508 e. The summed E-state index contributed by atoms with van der Waals surface area (Å²) in [5.41, 5.74) is 7.11. The maximum atomic E-state index is 10.3. The molecule has 3 N–H and O–H groups in total. The van der Waals surface area contributed by atoms with E-state index in [1.54, 1.807) is 24.3 Å². The van der Waals surface area contributed by atoms with Gasteiger partial charge in [0, 0.05) is 23.6 Å². The van der Waals surface area contributed by atoms with Gasteiger partial charge in [0.2, 0.25) is 0 Å². The molecule has 0 amide bonds. The van der Waals surface area contributed by atoms with Crippen LogP contribution in [-0.2, 0) is 11.1 Å². The maximum Gasteiger partial charge on any atom is 0.184 e. The summed E-state index contributed by atoms with van der Waals surface area (Å²) in [6.07, 6.45) is 14.5. The molecule has 1 unspecified atom stereocenters. The number of ether oxygens (including phenoxy) is 1. The normalized spacial score (nSPS) is 13.6. The van der Waals surface area contributed by atoms with Crippen molar-refractivity contribution in [3.8, 4) is 11.5 Å². The fourth-order valence-electron chi connectivity index (χ4n) is 4.44. The molecule has 0 aliphatic rings. The van der Waals surface area contributed by atoms with Crippen LogP contribution in [0.5, 0.6) is 11.5 Å². The molecule has 0 aliphatic carbocycles. The van der Waals surface area contributed by atoms with Gasteiger partial charge in [0.15, 0.2) is 5.72 Å². The van der Waals surface area contributed by atoms with Crippen molar-refractivity contribution in [2.75, 3.05) is 0 Å². The monoisotopic (exact) mass is 520 g/mol. The first-order valence-electron chi connectivity index (χ1n) is 13.3. The van der Waals surface area contributed by atoms with Crippen molar-refractivity contribution in [2.45, 2.75) is 116 Å². The van der Waals surface area contributed by atoms with Crippen LogP contribution in [0.1, 0.15) is 116 Å². The Balaban J connectivity index is 2.02. The topological polar surface area (TPSA) is 55.5 Å². The minimum absolute atomic E-state index is 0.231. The lowest BCUT2D eigenvalue weighted by molar-refractivity contribution is 0.0600. The summed E-state index contributed by atoms with van der Waals surface area (Å²) in [6, 6.07) is 11.7. The van der Waals surface area contributed by atoms with Gasteiger partial charge < -0.3 is 9.84 Å². The number of phenolic OH excluding ortho intramolecular Hbond substituents is 1. The summed E-state index contributed by atoms with van der Waals surface area (Å²) in [5, 5.41) is 11.2. The van der Waals surface area contributed by atoms with Gasteiger partial charge in [0.05, 0.1) is 10.0 Å². The zero-order valence-corrected chi connectivity index (χ0v) is 23.6. The number of halogens is 2. The molecule has 5 heteroatoms. The minimum atomic E-state index is -1.09. The lowest BCUT2D eigenvalue weighted by atomic mass is 9.86. The highest BCUT2D eigenvalue weighted by molar-refractivity contribution is 6.34. The van der Waals surface area contributed by atoms with E-state index < -0.39 is 5.72 Å².